The fourth-order valence-corrected chi connectivity index (χ4v) is 2.93. The molecule has 1 heterocycles. The Morgan fingerprint density at radius 3 is 2.50 bits per heavy atom. The number of rotatable bonds is 7. The number of nitro groups is 1. The predicted molar refractivity (Wildman–Crippen MR) is 121 cm³/mol. The lowest BCUT2D eigenvalue weighted by atomic mass is 10.1. The highest BCUT2D eigenvalue weighted by Gasteiger charge is 2.26. The van der Waals surface area contributed by atoms with Crippen molar-refractivity contribution in [3.63, 3.8) is 0 Å². The number of hydrogen-bond donors (Lipinski definition) is 2. The van der Waals surface area contributed by atoms with Crippen molar-refractivity contribution < 1.29 is 29.4 Å². The molecule has 0 saturated heterocycles. The van der Waals surface area contributed by atoms with Gasteiger partial charge in [-0.3, -0.25) is 19.9 Å². The Labute approximate surface area is 193 Å². The van der Waals surface area contributed by atoms with E-state index in [-0.39, 0.29) is 17.0 Å². The van der Waals surface area contributed by atoms with Crippen LogP contribution in [0, 0.1) is 21.4 Å². The summed E-state index contributed by atoms with van der Waals surface area (Å²) in [5.41, 5.74) is -1.47. The van der Waals surface area contributed by atoms with Crippen LogP contribution in [0.3, 0.4) is 0 Å². The maximum atomic E-state index is 13.0. The van der Waals surface area contributed by atoms with Crippen LogP contribution in [0.2, 0.25) is 0 Å². The molecule has 0 unspecified atom stereocenters. The smallest absolute Gasteiger partial charge is 0.315 e. The molecule has 11 nitrogen and oxygen atoms in total. The number of aromatic hydroxyl groups is 1. The summed E-state index contributed by atoms with van der Waals surface area (Å²) >= 11 is 0. The third-order valence-electron chi connectivity index (χ3n) is 4.68. The molecular formula is C23H18N4O7. The van der Waals surface area contributed by atoms with E-state index in [2.05, 4.69) is 4.98 Å². The first-order valence-electron chi connectivity index (χ1n) is 9.62. The summed E-state index contributed by atoms with van der Waals surface area (Å²) in [6.07, 6.45) is 2.80. The molecule has 172 valence electrons. The van der Waals surface area contributed by atoms with E-state index in [0.717, 1.165) is 24.1 Å². The maximum absolute atomic E-state index is 13.0. The minimum atomic E-state index is -0.909. The molecule has 2 N–H and O–H groups in total. The Morgan fingerprint density at radius 1 is 1.18 bits per heavy atom. The highest BCUT2D eigenvalue weighted by Crippen LogP contribution is 2.39. The number of methoxy groups -OCH3 is 1. The number of nitriles is 1. The first-order valence-corrected chi connectivity index (χ1v) is 9.62. The monoisotopic (exact) mass is 462 g/mol. The zero-order valence-corrected chi connectivity index (χ0v) is 18.0. The van der Waals surface area contributed by atoms with Gasteiger partial charge in [0.05, 0.1) is 30.1 Å². The van der Waals surface area contributed by atoms with Gasteiger partial charge in [0.2, 0.25) is 5.75 Å². The van der Waals surface area contributed by atoms with Gasteiger partial charge in [0, 0.05) is 24.7 Å². The molecule has 0 aliphatic carbocycles. The number of amides is 1. The van der Waals surface area contributed by atoms with Gasteiger partial charge in [0.1, 0.15) is 23.3 Å². The van der Waals surface area contributed by atoms with Gasteiger partial charge < -0.3 is 24.6 Å². The number of ether oxygens (including phenoxy) is 2. The largest absolute Gasteiger partial charge is 0.506 e. The van der Waals surface area contributed by atoms with Crippen molar-refractivity contribution in [1.82, 2.24) is 4.98 Å². The molecule has 1 amide bonds. The predicted octanol–water partition coefficient (Wildman–Crippen LogP) is 3.95. The third-order valence-corrected chi connectivity index (χ3v) is 4.68. The van der Waals surface area contributed by atoms with E-state index >= 15 is 0 Å². The number of carbonyl (C=O) groups excluding carboxylic acids is 1. The van der Waals surface area contributed by atoms with E-state index in [9.17, 15) is 30.4 Å². The van der Waals surface area contributed by atoms with Crippen molar-refractivity contribution in [3.8, 4) is 29.1 Å². The van der Waals surface area contributed by atoms with Crippen LogP contribution < -0.4 is 14.4 Å². The van der Waals surface area contributed by atoms with Crippen LogP contribution in [0.15, 0.2) is 66.5 Å². The molecule has 0 saturated carbocycles. The van der Waals surface area contributed by atoms with Crippen molar-refractivity contribution in [3.05, 3.63) is 82.2 Å². The van der Waals surface area contributed by atoms with Crippen LogP contribution in [0.25, 0.3) is 5.76 Å². The van der Waals surface area contributed by atoms with Crippen molar-refractivity contribution in [2.24, 2.45) is 0 Å². The normalized spacial score (nSPS) is 11.1. The van der Waals surface area contributed by atoms with Crippen LogP contribution in [0.4, 0.5) is 11.4 Å². The van der Waals surface area contributed by atoms with Gasteiger partial charge in [0.25, 0.3) is 5.91 Å². The highest BCUT2D eigenvalue weighted by atomic mass is 16.6. The Bertz CT molecular complexity index is 1320. The Balaban J connectivity index is 1.97. The summed E-state index contributed by atoms with van der Waals surface area (Å²) in [5, 5.41) is 41.3. The van der Waals surface area contributed by atoms with Crippen LogP contribution in [0.1, 0.15) is 5.56 Å². The molecule has 3 aromatic rings. The number of phenols is 1. The molecule has 0 spiro atoms. The van der Waals surface area contributed by atoms with E-state index in [4.69, 9.17) is 9.47 Å². The number of anilines is 1. The average Bonchev–Trinajstić information content (AvgIpc) is 2.84. The number of nitro benzene ring substituents is 1. The molecule has 0 radical (unpaired) electrons. The average molecular weight is 462 g/mol. The molecular weight excluding hydrogens is 444 g/mol. The van der Waals surface area contributed by atoms with Crippen LogP contribution in [0.5, 0.6) is 23.0 Å². The third kappa shape index (κ3) is 4.86. The fraction of sp³-hybridized carbons (Fsp3) is 0.0870. The minimum absolute atomic E-state index is 0.258. The molecule has 0 bridgehead atoms. The number of aromatic nitrogens is 1. The van der Waals surface area contributed by atoms with Gasteiger partial charge in [-0.25, -0.2) is 0 Å². The maximum Gasteiger partial charge on any atom is 0.315 e. The molecule has 34 heavy (non-hydrogen) atoms. The van der Waals surface area contributed by atoms with Gasteiger partial charge in [0.15, 0.2) is 11.3 Å². The van der Waals surface area contributed by atoms with Gasteiger partial charge in [-0.05, 0) is 18.2 Å². The molecule has 3 rings (SSSR count). The van der Waals surface area contributed by atoms with E-state index in [1.54, 1.807) is 30.3 Å². The number of para-hydroxylation sites is 1. The number of nitrogens with zero attached hydrogens (tertiary/aromatic N) is 4. The zero-order chi connectivity index (χ0) is 24.8. The molecule has 0 aliphatic rings. The number of aliphatic hydroxyl groups excluding tert-OH is 1. The summed E-state index contributed by atoms with van der Waals surface area (Å²) in [5.74, 6) is -1.93. The summed E-state index contributed by atoms with van der Waals surface area (Å²) in [7, 11) is 2.51. The Morgan fingerprint density at radius 2 is 1.88 bits per heavy atom. The van der Waals surface area contributed by atoms with Gasteiger partial charge in [-0.15, -0.1) is 0 Å². The van der Waals surface area contributed by atoms with Crippen molar-refractivity contribution >= 4 is 23.0 Å². The number of pyridine rings is 1. The second-order valence-corrected chi connectivity index (χ2v) is 6.80. The Hall–Kier alpha value is -5.11. The lowest BCUT2D eigenvalue weighted by molar-refractivity contribution is -0.386. The number of benzene rings is 2. The topological polar surface area (TPSA) is 159 Å². The first-order chi connectivity index (χ1) is 16.3. The van der Waals surface area contributed by atoms with E-state index in [0.29, 0.717) is 11.5 Å². The number of hydrogen-bond acceptors (Lipinski definition) is 9. The lowest BCUT2D eigenvalue weighted by Gasteiger charge is -2.18. The second kappa shape index (κ2) is 10.0. The highest BCUT2D eigenvalue weighted by molar-refractivity contribution is 6.12. The lowest BCUT2D eigenvalue weighted by Crippen LogP contribution is -2.28. The SMILES string of the molecule is COc1cc(/C(O)=C(\C#N)C(=O)N(C)c2cncc(Oc3ccccc3)c2)cc([N+](=O)[O-])c1O. The molecule has 1 aromatic heterocycles. The van der Waals surface area contributed by atoms with Gasteiger partial charge >= 0.3 is 5.69 Å². The van der Waals surface area contributed by atoms with Crippen LogP contribution >= 0.6 is 0 Å². The quantitative estimate of drug-likeness (QED) is 0.174. The molecule has 0 atom stereocenters. The van der Waals surface area contributed by atoms with Crippen molar-refractivity contribution in [2.75, 3.05) is 19.1 Å². The number of phenolic OH excluding ortho intramolecular Hbond substituents is 1. The summed E-state index contributed by atoms with van der Waals surface area (Å²) in [4.78, 5) is 28.4. The number of aliphatic hydroxyl groups is 1. The number of carbonyl (C=O) groups is 1. The van der Waals surface area contributed by atoms with Crippen molar-refractivity contribution in [1.29, 1.82) is 5.26 Å². The standard InChI is InChI=1S/C23H18N4O7/c1-26(15-10-17(13-25-12-15)34-16-6-4-3-5-7-16)23(30)18(11-24)21(28)14-8-19(27(31)32)22(29)20(9-14)33-2/h3-10,12-13,28-29H,1-2H3/b21-18-. The molecule has 11 heteroatoms. The zero-order valence-electron chi connectivity index (χ0n) is 18.0. The van der Waals surface area contributed by atoms with Gasteiger partial charge in [-0.1, -0.05) is 18.2 Å². The van der Waals surface area contributed by atoms with Crippen molar-refractivity contribution in [2.45, 2.75) is 0 Å². The van der Waals surface area contributed by atoms with E-state index in [1.807, 2.05) is 6.07 Å². The fourth-order valence-electron chi connectivity index (χ4n) is 2.93. The molecule has 2 aromatic carbocycles. The Kier molecular flexibility index (Phi) is 6.93. The van der Waals surface area contributed by atoms with Gasteiger partial charge in [-0.2, -0.15) is 5.26 Å². The summed E-state index contributed by atoms with van der Waals surface area (Å²) in [6, 6.07) is 13.9. The van der Waals surface area contributed by atoms with Crippen LogP contribution in [-0.2, 0) is 4.79 Å². The molecule has 0 aliphatic heterocycles. The summed E-state index contributed by atoms with van der Waals surface area (Å²) < 4.78 is 10.6. The van der Waals surface area contributed by atoms with E-state index < -0.39 is 33.6 Å². The second-order valence-electron chi connectivity index (χ2n) is 6.80. The van der Waals surface area contributed by atoms with Crippen LogP contribution in [-0.4, -0.2) is 40.2 Å². The summed E-state index contributed by atoms with van der Waals surface area (Å²) in [6.45, 7) is 0. The van der Waals surface area contributed by atoms with E-state index in [1.165, 1.54) is 25.5 Å². The molecule has 0 fully saturated rings. The minimum Gasteiger partial charge on any atom is -0.506 e. The number of likely N-dealkylation sites (N-methyl/N-ethyl adjacent to an activating group) is 1. The first kappa shape index (κ1) is 23.6.